The van der Waals surface area contributed by atoms with Crippen molar-refractivity contribution in [1.29, 1.82) is 0 Å². The molecule has 0 aliphatic heterocycles. The van der Waals surface area contributed by atoms with Crippen molar-refractivity contribution >= 4 is 15.9 Å². The first-order valence-corrected chi connectivity index (χ1v) is 14.3. The van der Waals surface area contributed by atoms with Crippen LogP contribution < -0.4 is 0 Å². The van der Waals surface area contributed by atoms with E-state index in [4.69, 9.17) is 0 Å². The Hall–Kier alpha value is -4.64. The van der Waals surface area contributed by atoms with Crippen molar-refractivity contribution in [1.82, 2.24) is 0 Å². The van der Waals surface area contributed by atoms with Gasteiger partial charge in [0.05, 0.1) is 5.41 Å². The van der Waals surface area contributed by atoms with E-state index < -0.39 is 5.41 Å². The van der Waals surface area contributed by atoms with Crippen molar-refractivity contribution < 1.29 is 0 Å². The lowest BCUT2D eigenvalue weighted by Gasteiger charge is -2.34. The molecule has 0 amide bonds. The molecule has 0 radical (unpaired) electrons. The lowest BCUT2D eigenvalue weighted by molar-refractivity contribution is 0.769. The standard InChI is InChI=1S/C39H25Br/c40-33-23-25-34(29(26-33)21-20-28-12-4-1-5-13-28)30-22-24-36-35-18-10-11-19-37(35)39(38(36)27-30,31-14-6-2-7-15-31)32-16-8-3-9-17-32/h1-19,22-27H. The Morgan fingerprint density at radius 3 is 1.73 bits per heavy atom. The topological polar surface area (TPSA) is 0 Å². The molecule has 0 fully saturated rings. The second kappa shape index (κ2) is 10.2. The van der Waals surface area contributed by atoms with E-state index in [1.54, 1.807) is 0 Å². The van der Waals surface area contributed by atoms with E-state index in [1.165, 1.54) is 33.4 Å². The summed E-state index contributed by atoms with van der Waals surface area (Å²) >= 11 is 3.68. The van der Waals surface area contributed by atoms with Gasteiger partial charge in [0.2, 0.25) is 0 Å². The molecule has 0 saturated carbocycles. The minimum atomic E-state index is -0.421. The van der Waals surface area contributed by atoms with Crippen LogP contribution in [0.25, 0.3) is 22.3 Å². The molecule has 6 aromatic carbocycles. The summed E-state index contributed by atoms with van der Waals surface area (Å²) in [6.45, 7) is 0. The largest absolute Gasteiger partial charge is 0.0713 e. The maximum atomic E-state index is 3.68. The second-order valence-corrected chi connectivity index (χ2v) is 11.0. The van der Waals surface area contributed by atoms with Gasteiger partial charge in [0.25, 0.3) is 0 Å². The fraction of sp³-hybridized carbons (Fsp3) is 0.0256. The van der Waals surface area contributed by atoms with Gasteiger partial charge in [-0.2, -0.15) is 0 Å². The summed E-state index contributed by atoms with van der Waals surface area (Å²) in [4.78, 5) is 0. The van der Waals surface area contributed by atoms with Crippen LogP contribution in [0.5, 0.6) is 0 Å². The Morgan fingerprint density at radius 2 is 1.02 bits per heavy atom. The Balaban J connectivity index is 1.49. The predicted octanol–water partition coefficient (Wildman–Crippen LogP) is 9.88. The molecule has 188 valence electrons. The summed E-state index contributed by atoms with van der Waals surface area (Å²) in [5.41, 5.74) is 11.6. The Morgan fingerprint density at radius 1 is 0.450 bits per heavy atom. The van der Waals surface area contributed by atoms with E-state index in [1.807, 2.05) is 30.3 Å². The van der Waals surface area contributed by atoms with Gasteiger partial charge in [-0.3, -0.25) is 0 Å². The Kier molecular flexibility index (Phi) is 6.20. The molecule has 0 N–H and O–H groups in total. The van der Waals surface area contributed by atoms with Gasteiger partial charge in [-0.25, -0.2) is 0 Å². The number of halogens is 1. The molecule has 0 atom stereocenters. The van der Waals surface area contributed by atoms with E-state index in [-0.39, 0.29) is 0 Å². The maximum Gasteiger partial charge on any atom is 0.0713 e. The Bertz CT molecular complexity index is 1850. The molecule has 1 aliphatic carbocycles. The van der Waals surface area contributed by atoms with Crippen molar-refractivity contribution in [3.63, 3.8) is 0 Å². The van der Waals surface area contributed by atoms with Crippen LogP contribution in [0.1, 0.15) is 33.4 Å². The first kappa shape index (κ1) is 24.4. The summed E-state index contributed by atoms with van der Waals surface area (Å²) < 4.78 is 1.02. The highest BCUT2D eigenvalue weighted by molar-refractivity contribution is 9.10. The van der Waals surface area contributed by atoms with Crippen LogP contribution in [-0.4, -0.2) is 0 Å². The highest BCUT2D eigenvalue weighted by atomic mass is 79.9. The molecule has 0 unspecified atom stereocenters. The number of rotatable bonds is 3. The van der Waals surface area contributed by atoms with Gasteiger partial charge in [-0.05, 0) is 74.8 Å². The van der Waals surface area contributed by atoms with Crippen LogP contribution in [-0.2, 0) is 5.41 Å². The number of hydrogen-bond acceptors (Lipinski definition) is 0. The van der Waals surface area contributed by atoms with E-state index >= 15 is 0 Å². The van der Waals surface area contributed by atoms with E-state index in [2.05, 4.69) is 149 Å². The minimum absolute atomic E-state index is 0.421. The van der Waals surface area contributed by atoms with Gasteiger partial charge in [-0.1, -0.05) is 149 Å². The first-order chi connectivity index (χ1) is 19.7. The number of fused-ring (bicyclic) bond motifs is 3. The van der Waals surface area contributed by atoms with Crippen molar-refractivity contribution in [2.45, 2.75) is 5.41 Å². The molecule has 7 rings (SSSR count). The van der Waals surface area contributed by atoms with Gasteiger partial charge < -0.3 is 0 Å². The van der Waals surface area contributed by atoms with Crippen LogP contribution in [0.3, 0.4) is 0 Å². The van der Waals surface area contributed by atoms with Gasteiger partial charge >= 0.3 is 0 Å². The molecule has 1 aliphatic rings. The molecular formula is C39H25Br. The fourth-order valence-corrected chi connectivity index (χ4v) is 6.51. The van der Waals surface area contributed by atoms with Gasteiger partial charge in [-0.15, -0.1) is 0 Å². The van der Waals surface area contributed by atoms with Crippen LogP contribution in [0.2, 0.25) is 0 Å². The van der Waals surface area contributed by atoms with Gasteiger partial charge in [0, 0.05) is 15.6 Å². The third-order valence-corrected chi connectivity index (χ3v) is 8.36. The van der Waals surface area contributed by atoms with Crippen molar-refractivity contribution in [2.24, 2.45) is 0 Å². The lowest BCUT2D eigenvalue weighted by atomic mass is 9.67. The normalized spacial score (nSPS) is 12.6. The zero-order valence-corrected chi connectivity index (χ0v) is 23.4. The summed E-state index contributed by atoms with van der Waals surface area (Å²) in [6, 6.07) is 54.2. The molecular weight excluding hydrogens is 548 g/mol. The average molecular weight is 574 g/mol. The van der Waals surface area contributed by atoms with Crippen molar-refractivity contribution in [3.05, 3.63) is 190 Å². The summed E-state index contributed by atoms with van der Waals surface area (Å²) in [5, 5.41) is 0. The summed E-state index contributed by atoms with van der Waals surface area (Å²) in [7, 11) is 0. The number of benzene rings is 6. The Labute approximate surface area is 244 Å². The van der Waals surface area contributed by atoms with Crippen LogP contribution in [0, 0.1) is 11.8 Å². The molecule has 1 heteroatoms. The third-order valence-electron chi connectivity index (χ3n) is 7.87. The molecule has 0 aromatic heterocycles. The predicted molar refractivity (Wildman–Crippen MR) is 169 cm³/mol. The maximum absolute atomic E-state index is 3.68. The molecule has 0 heterocycles. The average Bonchev–Trinajstić information content (AvgIpc) is 3.32. The quantitative estimate of drug-likeness (QED) is 0.185. The molecule has 0 bridgehead atoms. The van der Waals surface area contributed by atoms with Gasteiger partial charge in [0.15, 0.2) is 0 Å². The SMILES string of the molecule is Brc1ccc(-c2ccc3c(c2)C(c2ccccc2)(c2ccccc2)c2ccccc2-3)c(C#Cc2ccccc2)c1. The van der Waals surface area contributed by atoms with Crippen molar-refractivity contribution in [2.75, 3.05) is 0 Å². The zero-order valence-electron chi connectivity index (χ0n) is 21.8. The minimum Gasteiger partial charge on any atom is -0.0622 e. The van der Waals surface area contributed by atoms with Crippen molar-refractivity contribution in [3.8, 4) is 34.1 Å². The van der Waals surface area contributed by atoms with Gasteiger partial charge in [0.1, 0.15) is 0 Å². The van der Waals surface area contributed by atoms with E-state index in [0.29, 0.717) is 0 Å². The fourth-order valence-electron chi connectivity index (χ4n) is 6.14. The highest BCUT2D eigenvalue weighted by Crippen LogP contribution is 2.56. The van der Waals surface area contributed by atoms with Crippen LogP contribution in [0.4, 0.5) is 0 Å². The smallest absolute Gasteiger partial charge is 0.0622 e. The molecule has 0 saturated heterocycles. The molecule has 0 nitrogen and oxygen atoms in total. The molecule has 40 heavy (non-hydrogen) atoms. The molecule has 0 spiro atoms. The second-order valence-electron chi connectivity index (χ2n) is 10.1. The van der Waals surface area contributed by atoms with E-state index in [0.717, 1.165) is 26.7 Å². The monoisotopic (exact) mass is 572 g/mol. The lowest BCUT2D eigenvalue weighted by Crippen LogP contribution is -2.28. The summed E-state index contributed by atoms with van der Waals surface area (Å²) in [5.74, 6) is 6.82. The van der Waals surface area contributed by atoms with E-state index in [9.17, 15) is 0 Å². The molecule has 6 aromatic rings. The summed E-state index contributed by atoms with van der Waals surface area (Å²) in [6.07, 6.45) is 0. The first-order valence-electron chi connectivity index (χ1n) is 13.5. The number of hydrogen-bond donors (Lipinski definition) is 0. The zero-order chi connectivity index (χ0) is 26.9. The van der Waals surface area contributed by atoms with Crippen LogP contribution in [0.15, 0.2) is 156 Å². The van der Waals surface area contributed by atoms with Crippen LogP contribution >= 0.6 is 15.9 Å². The highest BCUT2D eigenvalue weighted by Gasteiger charge is 2.46. The third kappa shape index (κ3) is 4.01.